The summed E-state index contributed by atoms with van der Waals surface area (Å²) < 4.78 is 0.999. The number of hydrogen-bond acceptors (Lipinski definition) is 3. The van der Waals surface area contributed by atoms with Crippen molar-refractivity contribution in [2.75, 3.05) is 5.32 Å². The predicted octanol–water partition coefficient (Wildman–Crippen LogP) is 3.89. The van der Waals surface area contributed by atoms with Crippen LogP contribution in [0.1, 0.15) is 23.5 Å². The van der Waals surface area contributed by atoms with E-state index in [1.54, 1.807) is 36.5 Å². The topological polar surface area (TPSA) is 61.4 Å². The minimum Gasteiger partial charge on any atom is -0.389 e. The molecule has 1 aromatic heterocycles. The fraction of sp³-hybridized carbons (Fsp3) is 0.214. The van der Waals surface area contributed by atoms with Gasteiger partial charge in [-0.3, -0.25) is 0 Å². The second-order valence-corrected chi connectivity index (χ2v) is 6.16. The largest absolute Gasteiger partial charge is 0.389 e. The van der Waals surface area contributed by atoms with Crippen LogP contribution in [0.4, 0.5) is 10.5 Å². The number of anilines is 1. The van der Waals surface area contributed by atoms with Gasteiger partial charge in [0.05, 0.1) is 12.6 Å². The van der Waals surface area contributed by atoms with Gasteiger partial charge >= 0.3 is 6.03 Å². The maximum Gasteiger partial charge on any atom is 0.319 e. The van der Waals surface area contributed by atoms with Crippen LogP contribution in [-0.2, 0) is 6.54 Å². The maximum atomic E-state index is 11.8. The molecule has 0 bridgehead atoms. The lowest BCUT2D eigenvalue weighted by molar-refractivity contribution is 0.199. The first-order valence-corrected chi connectivity index (χ1v) is 7.78. The second-order valence-electron chi connectivity index (χ2n) is 4.30. The van der Waals surface area contributed by atoms with Gasteiger partial charge in [-0.1, -0.05) is 12.1 Å². The Balaban J connectivity index is 1.91. The molecule has 1 aromatic carbocycles. The van der Waals surface area contributed by atoms with Crippen molar-refractivity contribution in [1.29, 1.82) is 0 Å². The average Bonchev–Trinajstić information content (AvgIpc) is 2.82. The van der Waals surface area contributed by atoms with Gasteiger partial charge in [-0.2, -0.15) is 0 Å². The lowest BCUT2D eigenvalue weighted by Gasteiger charge is -2.10. The van der Waals surface area contributed by atoms with Crippen LogP contribution < -0.4 is 10.6 Å². The van der Waals surface area contributed by atoms with Gasteiger partial charge in [0, 0.05) is 15.0 Å². The lowest BCUT2D eigenvalue weighted by atomic mass is 10.1. The van der Waals surface area contributed by atoms with E-state index in [2.05, 4.69) is 26.6 Å². The van der Waals surface area contributed by atoms with Crippen molar-refractivity contribution in [3.05, 3.63) is 50.6 Å². The molecule has 20 heavy (non-hydrogen) atoms. The summed E-state index contributed by atoms with van der Waals surface area (Å²) in [7, 11) is 0. The molecule has 2 aromatic rings. The number of benzene rings is 1. The summed E-state index contributed by atoms with van der Waals surface area (Å²) in [5.41, 5.74) is 1.43. The van der Waals surface area contributed by atoms with Crippen molar-refractivity contribution in [3.63, 3.8) is 0 Å². The molecule has 4 nitrogen and oxygen atoms in total. The Bertz CT molecular complexity index is 598. The summed E-state index contributed by atoms with van der Waals surface area (Å²) in [6.07, 6.45) is -0.554. The summed E-state index contributed by atoms with van der Waals surface area (Å²) in [5, 5.41) is 17.0. The Hall–Kier alpha value is -1.37. The minimum absolute atomic E-state index is 0.270. The van der Waals surface area contributed by atoms with Crippen LogP contribution in [0.3, 0.4) is 0 Å². The van der Waals surface area contributed by atoms with Crippen LogP contribution in [0.5, 0.6) is 0 Å². The number of aliphatic hydroxyl groups is 1. The van der Waals surface area contributed by atoms with Crippen molar-refractivity contribution in [1.82, 2.24) is 5.32 Å². The van der Waals surface area contributed by atoms with E-state index in [1.165, 1.54) is 0 Å². The summed E-state index contributed by atoms with van der Waals surface area (Å²) in [6.45, 7) is 2.16. The Kier molecular flexibility index (Phi) is 5.17. The molecule has 0 aliphatic heterocycles. The van der Waals surface area contributed by atoms with Gasteiger partial charge in [0.1, 0.15) is 0 Å². The molecule has 2 rings (SSSR count). The van der Waals surface area contributed by atoms with Crippen LogP contribution >= 0.6 is 27.3 Å². The zero-order valence-electron chi connectivity index (χ0n) is 10.9. The van der Waals surface area contributed by atoms with E-state index >= 15 is 0 Å². The highest BCUT2D eigenvalue weighted by Gasteiger charge is 2.06. The van der Waals surface area contributed by atoms with Crippen molar-refractivity contribution in [2.24, 2.45) is 0 Å². The average molecular weight is 355 g/mol. The van der Waals surface area contributed by atoms with Gasteiger partial charge in [0.25, 0.3) is 0 Å². The monoisotopic (exact) mass is 354 g/mol. The van der Waals surface area contributed by atoms with Gasteiger partial charge in [0.2, 0.25) is 0 Å². The summed E-state index contributed by atoms with van der Waals surface area (Å²) in [5.74, 6) is 0. The molecule has 0 aliphatic carbocycles. The highest BCUT2D eigenvalue weighted by Crippen LogP contribution is 2.22. The lowest BCUT2D eigenvalue weighted by Crippen LogP contribution is -2.28. The second kappa shape index (κ2) is 6.88. The molecule has 2 amide bonds. The predicted molar refractivity (Wildman–Crippen MR) is 85.0 cm³/mol. The molecule has 6 heteroatoms. The number of halogens is 1. The van der Waals surface area contributed by atoms with E-state index in [0.29, 0.717) is 12.2 Å². The standard InChI is InChI=1S/C14H15BrN2O2S/c1-9(18)10-3-2-4-11(7-10)17-14(19)16-8-13-12(15)5-6-20-13/h2-7,9,18H,8H2,1H3,(H2,16,17,19). The van der Waals surface area contributed by atoms with Crippen LogP contribution in [0.25, 0.3) is 0 Å². The minimum atomic E-state index is -0.554. The van der Waals surface area contributed by atoms with Crippen LogP contribution in [0, 0.1) is 0 Å². The number of urea groups is 1. The van der Waals surface area contributed by atoms with Gasteiger partial charge in [0.15, 0.2) is 0 Å². The van der Waals surface area contributed by atoms with Crippen LogP contribution in [-0.4, -0.2) is 11.1 Å². The molecule has 106 valence electrons. The molecule has 3 N–H and O–H groups in total. The number of amides is 2. The summed E-state index contributed by atoms with van der Waals surface area (Å²) in [6, 6.07) is 8.83. The highest BCUT2D eigenvalue weighted by atomic mass is 79.9. The molecule has 1 heterocycles. The van der Waals surface area contributed by atoms with Crippen molar-refractivity contribution in [2.45, 2.75) is 19.6 Å². The van der Waals surface area contributed by atoms with E-state index in [-0.39, 0.29) is 6.03 Å². The van der Waals surface area contributed by atoms with Crippen LogP contribution in [0.15, 0.2) is 40.2 Å². The third-order valence-electron chi connectivity index (χ3n) is 2.73. The molecule has 0 radical (unpaired) electrons. The van der Waals surface area contributed by atoms with Gasteiger partial charge in [-0.15, -0.1) is 11.3 Å². The summed E-state index contributed by atoms with van der Waals surface area (Å²) in [4.78, 5) is 12.9. The Morgan fingerprint density at radius 1 is 1.45 bits per heavy atom. The number of nitrogens with one attached hydrogen (secondary N) is 2. The van der Waals surface area contributed by atoms with Crippen molar-refractivity contribution >= 4 is 39.0 Å². The molecule has 0 fully saturated rings. The van der Waals surface area contributed by atoms with E-state index in [0.717, 1.165) is 14.9 Å². The molecule has 1 unspecified atom stereocenters. The molecule has 0 saturated carbocycles. The number of carbonyl (C=O) groups is 1. The quantitative estimate of drug-likeness (QED) is 0.779. The molecule has 1 atom stereocenters. The molecular weight excluding hydrogens is 340 g/mol. The number of thiophene rings is 1. The van der Waals surface area contributed by atoms with E-state index < -0.39 is 6.10 Å². The number of hydrogen-bond donors (Lipinski definition) is 3. The Morgan fingerprint density at radius 3 is 2.90 bits per heavy atom. The van der Waals surface area contributed by atoms with Gasteiger partial charge in [-0.05, 0) is 52.0 Å². The zero-order chi connectivity index (χ0) is 14.5. The first kappa shape index (κ1) is 15.0. The molecule has 0 spiro atoms. The smallest absolute Gasteiger partial charge is 0.319 e. The van der Waals surface area contributed by atoms with Crippen molar-refractivity contribution in [3.8, 4) is 0 Å². The van der Waals surface area contributed by atoms with Crippen molar-refractivity contribution < 1.29 is 9.90 Å². The first-order valence-electron chi connectivity index (χ1n) is 6.11. The highest BCUT2D eigenvalue weighted by molar-refractivity contribution is 9.10. The zero-order valence-corrected chi connectivity index (χ0v) is 13.3. The van der Waals surface area contributed by atoms with Gasteiger partial charge in [-0.25, -0.2) is 4.79 Å². The van der Waals surface area contributed by atoms with E-state index in [4.69, 9.17) is 0 Å². The Labute approximate surface area is 130 Å². The summed E-state index contributed by atoms with van der Waals surface area (Å²) >= 11 is 5.00. The third-order valence-corrected chi connectivity index (χ3v) is 4.65. The number of rotatable bonds is 4. The third kappa shape index (κ3) is 4.06. The molecular formula is C14H15BrN2O2S. The normalized spacial score (nSPS) is 11.9. The SMILES string of the molecule is CC(O)c1cccc(NC(=O)NCc2sccc2Br)c1. The maximum absolute atomic E-state index is 11.8. The van der Waals surface area contributed by atoms with Crippen LogP contribution in [0.2, 0.25) is 0 Å². The number of carbonyl (C=O) groups excluding carboxylic acids is 1. The van der Waals surface area contributed by atoms with Gasteiger partial charge < -0.3 is 15.7 Å². The van der Waals surface area contributed by atoms with E-state index in [9.17, 15) is 9.90 Å². The Morgan fingerprint density at radius 2 is 2.25 bits per heavy atom. The number of aliphatic hydroxyl groups excluding tert-OH is 1. The van der Waals surface area contributed by atoms with E-state index in [1.807, 2.05) is 17.5 Å². The fourth-order valence-electron chi connectivity index (χ4n) is 1.66. The fourth-order valence-corrected chi connectivity index (χ4v) is 3.10. The first-order chi connectivity index (χ1) is 9.56. The molecule has 0 saturated heterocycles. The molecule has 0 aliphatic rings.